The molecule has 0 bridgehead atoms. The third-order valence-corrected chi connectivity index (χ3v) is 4.30. The van der Waals surface area contributed by atoms with Crippen molar-refractivity contribution >= 4 is 6.09 Å². The Labute approximate surface area is 109 Å². The minimum atomic E-state index is -0.398. The quantitative estimate of drug-likeness (QED) is 0.623. The third kappa shape index (κ3) is 2.48. The number of nitrogens with zero attached hydrogens (tertiary/aromatic N) is 1. The zero-order chi connectivity index (χ0) is 12.9. The lowest BCUT2D eigenvalue weighted by atomic mass is 9.75. The maximum Gasteiger partial charge on any atom is 0.410 e. The molecule has 4 atom stereocenters. The predicted octanol–water partition coefficient (Wildman–Crippen LogP) is 2.42. The summed E-state index contributed by atoms with van der Waals surface area (Å²) in [5.41, 5.74) is -0.398. The molecule has 2 aliphatic heterocycles. The molecule has 0 aromatic rings. The first kappa shape index (κ1) is 12.3. The molecule has 1 saturated carbocycles. The molecule has 4 unspecified atom stereocenters. The number of ether oxygens (including phenoxy) is 2. The Morgan fingerprint density at radius 1 is 1.22 bits per heavy atom. The van der Waals surface area contributed by atoms with Gasteiger partial charge < -0.3 is 14.4 Å². The summed E-state index contributed by atoms with van der Waals surface area (Å²) in [5.74, 6) is 1.38. The minimum Gasteiger partial charge on any atom is -0.444 e. The second-order valence-corrected chi connectivity index (χ2v) is 6.92. The molecule has 0 N–H and O–H groups in total. The standard InChI is InChI=1S/C14H23NO3/c1-14(2,3)18-13(16)15-5-4-9-6-11-12(17-11)7-10(9)8-15/h9-12H,4-8H2,1-3H3. The van der Waals surface area contributed by atoms with Crippen molar-refractivity contribution in [3.63, 3.8) is 0 Å². The second kappa shape index (κ2) is 4.12. The van der Waals surface area contributed by atoms with Gasteiger partial charge in [0.05, 0.1) is 12.2 Å². The average Bonchev–Trinajstić information content (AvgIpc) is 3.00. The Balaban J connectivity index is 1.58. The van der Waals surface area contributed by atoms with E-state index in [1.165, 1.54) is 6.42 Å². The number of rotatable bonds is 0. The van der Waals surface area contributed by atoms with Gasteiger partial charge >= 0.3 is 6.09 Å². The fourth-order valence-corrected chi connectivity index (χ4v) is 3.34. The van der Waals surface area contributed by atoms with Gasteiger partial charge in [-0.3, -0.25) is 0 Å². The van der Waals surface area contributed by atoms with E-state index in [2.05, 4.69) is 0 Å². The first-order valence-corrected chi connectivity index (χ1v) is 7.06. The summed E-state index contributed by atoms with van der Waals surface area (Å²) in [6.45, 7) is 7.45. The van der Waals surface area contributed by atoms with Crippen LogP contribution in [0.25, 0.3) is 0 Å². The number of hydrogen-bond acceptors (Lipinski definition) is 3. The molecule has 3 aliphatic rings. The fourth-order valence-electron chi connectivity index (χ4n) is 3.34. The summed E-state index contributed by atoms with van der Waals surface area (Å²) in [6.07, 6.45) is 4.33. The number of amides is 1. The summed E-state index contributed by atoms with van der Waals surface area (Å²) in [5, 5.41) is 0. The molecule has 3 fully saturated rings. The maximum absolute atomic E-state index is 12.1. The van der Waals surface area contributed by atoms with Crippen LogP contribution in [-0.4, -0.2) is 41.9 Å². The summed E-state index contributed by atoms with van der Waals surface area (Å²) in [4.78, 5) is 13.9. The van der Waals surface area contributed by atoms with Gasteiger partial charge in [-0.05, 0) is 51.9 Å². The van der Waals surface area contributed by atoms with Gasteiger partial charge in [0.1, 0.15) is 5.60 Å². The molecule has 0 spiro atoms. The van der Waals surface area contributed by atoms with Crippen LogP contribution >= 0.6 is 0 Å². The highest BCUT2D eigenvalue weighted by atomic mass is 16.6. The monoisotopic (exact) mass is 253 g/mol. The number of piperidine rings is 1. The molecule has 2 heterocycles. The number of likely N-dealkylation sites (tertiary alicyclic amines) is 1. The van der Waals surface area contributed by atoms with Crippen molar-refractivity contribution in [3.05, 3.63) is 0 Å². The minimum absolute atomic E-state index is 0.153. The molecule has 3 rings (SSSR count). The first-order valence-electron chi connectivity index (χ1n) is 7.06. The van der Waals surface area contributed by atoms with E-state index in [0.29, 0.717) is 18.1 Å². The van der Waals surface area contributed by atoms with Crippen LogP contribution < -0.4 is 0 Å². The van der Waals surface area contributed by atoms with E-state index in [0.717, 1.165) is 31.8 Å². The molecule has 0 aromatic heterocycles. The lowest BCUT2D eigenvalue weighted by Gasteiger charge is -2.40. The Kier molecular flexibility index (Phi) is 2.81. The van der Waals surface area contributed by atoms with E-state index in [1.54, 1.807) is 0 Å². The van der Waals surface area contributed by atoms with E-state index >= 15 is 0 Å². The molecular formula is C14H23NO3. The SMILES string of the molecule is CC(C)(C)OC(=O)N1CCC2CC3OC3CC2C1. The van der Waals surface area contributed by atoms with Gasteiger partial charge in [-0.1, -0.05) is 0 Å². The Bertz CT molecular complexity index is 349. The Morgan fingerprint density at radius 2 is 1.89 bits per heavy atom. The van der Waals surface area contributed by atoms with Crippen molar-refractivity contribution in [1.29, 1.82) is 0 Å². The molecule has 18 heavy (non-hydrogen) atoms. The third-order valence-electron chi connectivity index (χ3n) is 4.30. The summed E-state index contributed by atoms with van der Waals surface area (Å²) >= 11 is 0. The van der Waals surface area contributed by atoms with Crippen LogP contribution in [0.4, 0.5) is 4.79 Å². The van der Waals surface area contributed by atoms with Crippen LogP contribution in [-0.2, 0) is 9.47 Å². The molecule has 102 valence electrons. The largest absolute Gasteiger partial charge is 0.444 e. The highest BCUT2D eigenvalue weighted by Gasteiger charge is 2.50. The molecule has 1 aliphatic carbocycles. The maximum atomic E-state index is 12.1. The normalized spacial score (nSPS) is 38.7. The average molecular weight is 253 g/mol. The smallest absolute Gasteiger partial charge is 0.410 e. The van der Waals surface area contributed by atoms with Gasteiger partial charge in [-0.15, -0.1) is 0 Å². The predicted molar refractivity (Wildman–Crippen MR) is 67.3 cm³/mol. The Morgan fingerprint density at radius 3 is 2.56 bits per heavy atom. The van der Waals surface area contributed by atoms with E-state index in [4.69, 9.17) is 9.47 Å². The van der Waals surface area contributed by atoms with E-state index in [9.17, 15) is 4.79 Å². The highest BCUT2D eigenvalue weighted by Crippen LogP contribution is 2.45. The number of carbonyl (C=O) groups is 1. The zero-order valence-corrected chi connectivity index (χ0v) is 11.5. The van der Waals surface area contributed by atoms with Gasteiger partial charge in [0.15, 0.2) is 0 Å². The molecular weight excluding hydrogens is 230 g/mol. The van der Waals surface area contributed by atoms with Crippen LogP contribution in [0, 0.1) is 11.8 Å². The Hall–Kier alpha value is -0.770. The topological polar surface area (TPSA) is 42.1 Å². The van der Waals surface area contributed by atoms with E-state index in [1.807, 2.05) is 25.7 Å². The zero-order valence-electron chi connectivity index (χ0n) is 11.5. The van der Waals surface area contributed by atoms with Gasteiger partial charge in [0, 0.05) is 13.1 Å². The number of carbonyl (C=O) groups excluding carboxylic acids is 1. The van der Waals surface area contributed by atoms with Crippen LogP contribution in [0.15, 0.2) is 0 Å². The van der Waals surface area contributed by atoms with Gasteiger partial charge in [0.2, 0.25) is 0 Å². The molecule has 4 nitrogen and oxygen atoms in total. The van der Waals surface area contributed by atoms with Gasteiger partial charge in [0.25, 0.3) is 0 Å². The van der Waals surface area contributed by atoms with Crippen LogP contribution in [0.1, 0.15) is 40.0 Å². The number of fused-ring (bicyclic) bond motifs is 2. The van der Waals surface area contributed by atoms with E-state index in [-0.39, 0.29) is 6.09 Å². The highest BCUT2D eigenvalue weighted by molar-refractivity contribution is 5.68. The van der Waals surface area contributed by atoms with Gasteiger partial charge in [-0.2, -0.15) is 0 Å². The van der Waals surface area contributed by atoms with Crippen molar-refractivity contribution in [2.75, 3.05) is 13.1 Å². The lowest BCUT2D eigenvalue weighted by Crippen LogP contribution is -2.47. The molecule has 0 aromatic carbocycles. The van der Waals surface area contributed by atoms with Crippen molar-refractivity contribution < 1.29 is 14.3 Å². The van der Waals surface area contributed by atoms with Crippen LogP contribution in [0.2, 0.25) is 0 Å². The van der Waals surface area contributed by atoms with E-state index < -0.39 is 5.60 Å². The molecule has 4 heteroatoms. The fraction of sp³-hybridized carbons (Fsp3) is 0.929. The first-order chi connectivity index (χ1) is 8.42. The number of epoxide rings is 1. The van der Waals surface area contributed by atoms with Crippen molar-refractivity contribution in [3.8, 4) is 0 Å². The van der Waals surface area contributed by atoms with Gasteiger partial charge in [-0.25, -0.2) is 4.79 Å². The summed E-state index contributed by atoms with van der Waals surface area (Å²) < 4.78 is 11.1. The summed E-state index contributed by atoms with van der Waals surface area (Å²) in [6, 6.07) is 0. The lowest BCUT2D eigenvalue weighted by molar-refractivity contribution is 0.00718. The second-order valence-electron chi connectivity index (χ2n) is 6.92. The summed E-state index contributed by atoms with van der Waals surface area (Å²) in [7, 11) is 0. The number of hydrogen-bond donors (Lipinski definition) is 0. The van der Waals surface area contributed by atoms with Crippen LogP contribution in [0.3, 0.4) is 0 Å². The van der Waals surface area contributed by atoms with Crippen LogP contribution in [0.5, 0.6) is 0 Å². The van der Waals surface area contributed by atoms with Crippen molar-refractivity contribution in [1.82, 2.24) is 4.90 Å². The molecule has 2 saturated heterocycles. The van der Waals surface area contributed by atoms with Crippen molar-refractivity contribution in [2.24, 2.45) is 11.8 Å². The van der Waals surface area contributed by atoms with Crippen molar-refractivity contribution in [2.45, 2.75) is 57.8 Å². The molecule has 0 radical (unpaired) electrons. The molecule has 1 amide bonds.